The summed E-state index contributed by atoms with van der Waals surface area (Å²) in [5.41, 5.74) is 1.31. The van der Waals surface area contributed by atoms with Crippen molar-refractivity contribution in [3.63, 3.8) is 0 Å². The molecule has 0 unspecified atom stereocenters. The average Bonchev–Trinajstić information content (AvgIpc) is 2.85. The summed E-state index contributed by atoms with van der Waals surface area (Å²) in [6, 6.07) is 6.57. The molecule has 0 bridgehead atoms. The molecule has 7 heteroatoms. The molecule has 0 fully saturated rings. The molecule has 5 nitrogen and oxygen atoms in total. The molecular formula is C11H11F2N3O2. The first-order chi connectivity index (χ1) is 8.70. The number of aromatic nitrogens is 3. The number of halogens is 2. The van der Waals surface area contributed by atoms with Crippen molar-refractivity contribution in [1.82, 2.24) is 15.4 Å². The predicted octanol–water partition coefficient (Wildman–Crippen LogP) is 2.12. The second-order valence-corrected chi connectivity index (χ2v) is 3.41. The van der Waals surface area contributed by atoms with Crippen molar-refractivity contribution in [2.24, 2.45) is 0 Å². The maximum Gasteiger partial charge on any atom is 0.272 e. The van der Waals surface area contributed by atoms with Crippen LogP contribution in [0.3, 0.4) is 0 Å². The van der Waals surface area contributed by atoms with Gasteiger partial charge < -0.3 is 9.47 Å². The lowest BCUT2D eigenvalue weighted by Gasteiger charge is -2.05. The Hall–Kier alpha value is -2.18. The molecule has 1 aromatic heterocycles. The van der Waals surface area contributed by atoms with E-state index in [1.54, 1.807) is 24.3 Å². The summed E-state index contributed by atoms with van der Waals surface area (Å²) >= 11 is 0. The van der Waals surface area contributed by atoms with Gasteiger partial charge in [-0.15, -0.1) is 5.10 Å². The largest absolute Gasteiger partial charge is 0.488 e. The number of methoxy groups -OCH3 is 1. The third kappa shape index (κ3) is 2.73. The third-order valence-corrected chi connectivity index (χ3v) is 2.21. The van der Waals surface area contributed by atoms with Gasteiger partial charge in [0.15, 0.2) is 5.69 Å². The number of hydrogen-bond donors (Lipinski definition) is 1. The molecule has 2 rings (SSSR count). The van der Waals surface area contributed by atoms with Gasteiger partial charge in [0.2, 0.25) is 0 Å². The first kappa shape index (κ1) is 12.3. The van der Waals surface area contributed by atoms with Crippen LogP contribution in [0.25, 0.3) is 11.3 Å². The summed E-state index contributed by atoms with van der Waals surface area (Å²) in [5.74, 6) is 0.748. The first-order valence-electron chi connectivity index (χ1n) is 5.17. The normalized spacial score (nSPS) is 10.7. The van der Waals surface area contributed by atoms with Crippen molar-refractivity contribution in [1.29, 1.82) is 0 Å². The summed E-state index contributed by atoms with van der Waals surface area (Å²) in [4.78, 5) is 0. The lowest BCUT2D eigenvalue weighted by Crippen LogP contribution is -2.06. The van der Waals surface area contributed by atoms with Crippen molar-refractivity contribution in [3.8, 4) is 22.9 Å². The fourth-order valence-electron chi connectivity index (χ4n) is 1.42. The topological polar surface area (TPSA) is 60.0 Å². The number of alkyl halides is 2. The number of hydrogen-bond acceptors (Lipinski definition) is 4. The van der Waals surface area contributed by atoms with Gasteiger partial charge in [-0.1, -0.05) is 0 Å². The van der Waals surface area contributed by atoms with Gasteiger partial charge in [0.1, 0.15) is 12.4 Å². The quantitative estimate of drug-likeness (QED) is 0.889. The van der Waals surface area contributed by atoms with E-state index in [2.05, 4.69) is 15.4 Å². The van der Waals surface area contributed by atoms with Gasteiger partial charge >= 0.3 is 0 Å². The van der Waals surface area contributed by atoms with Crippen LogP contribution in [0.2, 0.25) is 0 Å². The number of ether oxygens (including phenoxy) is 2. The monoisotopic (exact) mass is 255 g/mol. The Bertz CT molecular complexity index is 499. The van der Waals surface area contributed by atoms with Crippen LogP contribution in [0.4, 0.5) is 8.78 Å². The van der Waals surface area contributed by atoms with Gasteiger partial charge in [0, 0.05) is 5.56 Å². The molecule has 96 valence electrons. The molecule has 0 amide bonds. The van der Waals surface area contributed by atoms with Crippen LogP contribution in [0.5, 0.6) is 11.6 Å². The van der Waals surface area contributed by atoms with Gasteiger partial charge in [0.05, 0.1) is 7.11 Å². The Balaban J connectivity index is 2.12. The van der Waals surface area contributed by atoms with Crippen LogP contribution in [0.1, 0.15) is 0 Å². The van der Waals surface area contributed by atoms with Crippen molar-refractivity contribution in [3.05, 3.63) is 24.3 Å². The van der Waals surface area contributed by atoms with Crippen LogP contribution < -0.4 is 9.47 Å². The molecule has 1 aromatic carbocycles. The van der Waals surface area contributed by atoms with E-state index in [4.69, 9.17) is 9.47 Å². The van der Waals surface area contributed by atoms with Crippen LogP contribution in [0, 0.1) is 0 Å². The standard InChI is InChI=1S/C11H11F2N3O2/c1-17-11-10(14-16-15-11)7-2-4-8(5-3-7)18-6-9(12)13/h2-5,9H,6H2,1H3,(H,14,15,16). The SMILES string of the molecule is COc1n[nH]nc1-c1ccc(OCC(F)F)cc1. The minimum atomic E-state index is -2.49. The highest BCUT2D eigenvalue weighted by atomic mass is 19.3. The Kier molecular flexibility index (Phi) is 3.71. The van der Waals surface area contributed by atoms with Crippen molar-refractivity contribution >= 4 is 0 Å². The maximum atomic E-state index is 12.0. The summed E-state index contributed by atoms with van der Waals surface area (Å²) < 4.78 is 33.8. The van der Waals surface area contributed by atoms with E-state index in [0.717, 1.165) is 5.56 Å². The molecule has 0 aliphatic heterocycles. The molecule has 0 saturated carbocycles. The summed E-state index contributed by atoms with van der Waals surface area (Å²) in [7, 11) is 1.49. The van der Waals surface area contributed by atoms with Crippen LogP contribution in [0.15, 0.2) is 24.3 Å². The maximum absolute atomic E-state index is 12.0. The summed E-state index contributed by atoms with van der Waals surface area (Å²) in [5, 5.41) is 10.2. The molecule has 0 spiro atoms. The Labute approximate surface area is 102 Å². The van der Waals surface area contributed by atoms with Gasteiger partial charge in [-0.05, 0) is 24.3 Å². The molecular weight excluding hydrogens is 244 g/mol. The van der Waals surface area contributed by atoms with E-state index in [0.29, 0.717) is 17.3 Å². The number of H-pyrrole nitrogens is 1. The summed E-state index contributed by atoms with van der Waals surface area (Å²) in [6.45, 7) is -0.618. The Morgan fingerprint density at radius 3 is 2.56 bits per heavy atom. The highest BCUT2D eigenvalue weighted by Gasteiger charge is 2.10. The zero-order valence-electron chi connectivity index (χ0n) is 9.56. The fraction of sp³-hybridized carbons (Fsp3) is 0.273. The molecule has 18 heavy (non-hydrogen) atoms. The van der Waals surface area contributed by atoms with Crippen molar-refractivity contribution < 1.29 is 18.3 Å². The lowest BCUT2D eigenvalue weighted by molar-refractivity contribution is 0.0819. The van der Waals surface area contributed by atoms with Crippen LogP contribution >= 0.6 is 0 Å². The van der Waals surface area contributed by atoms with Crippen LogP contribution in [-0.4, -0.2) is 35.6 Å². The fourth-order valence-corrected chi connectivity index (χ4v) is 1.42. The van der Waals surface area contributed by atoms with Gasteiger partial charge in [-0.25, -0.2) is 8.78 Å². The van der Waals surface area contributed by atoms with E-state index >= 15 is 0 Å². The Morgan fingerprint density at radius 2 is 1.94 bits per heavy atom. The molecule has 0 aliphatic carbocycles. The van der Waals surface area contributed by atoms with Gasteiger partial charge in [-0.3, -0.25) is 0 Å². The van der Waals surface area contributed by atoms with E-state index < -0.39 is 13.0 Å². The predicted molar refractivity (Wildman–Crippen MR) is 59.9 cm³/mol. The molecule has 0 saturated heterocycles. The first-order valence-corrected chi connectivity index (χ1v) is 5.17. The molecule has 0 radical (unpaired) electrons. The number of nitrogens with one attached hydrogen (secondary N) is 1. The van der Waals surface area contributed by atoms with E-state index in [1.807, 2.05) is 0 Å². The molecule has 2 aromatic rings. The zero-order valence-corrected chi connectivity index (χ0v) is 9.56. The minimum Gasteiger partial charge on any atom is -0.488 e. The van der Waals surface area contributed by atoms with E-state index in [9.17, 15) is 8.78 Å². The highest BCUT2D eigenvalue weighted by molar-refractivity contribution is 5.64. The van der Waals surface area contributed by atoms with E-state index in [1.165, 1.54) is 7.11 Å². The van der Waals surface area contributed by atoms with Crippen molar-refractivity contribution in [2.45, 2.75) is 6.43 Å². The minimum absolute atomic E-state index is 0.372. The number of nitrogens with zero attached hydrogens (tertiary/aromatic N) is 2. The second kappa shape index (κ2) is 5.44. The molecule has 1 N–H and O–H groups in total. The Morgan fingerprint density at radius 1 is 1.22 bits per heavy atom. The smallest absolute Gasteiger partial charge is 0.272 e. The number of rotatable bonds is 5. The third-order valence-electron chi connectivity index (χ3n) is 2.21. The zero-order chi connectivity index (χ0) is 13.0. The second-order valence-electron chi connectivity index (χ2n) is 3.41. The molecule has 1 heterocycles. The van der Waals surface area contributed by atoms with Crippen molar-refractivity contribution in [2.75, 3.05) is 13.7 Å². The summed E-state index contributed by atoms with van der Waals surface area (Å²) in [6.07, 6.45) is -2.49. The van der Waals surface area contributed by atoms with E-state index in [-0.39, 0.29) is 0 Å². The van der Waals surface area contributed by atoms with Crippen LogP contribution in [-0.2, 0) is 0 Å². The molecule has 0 atom stereocenters. The molecule has 0 aliphatic rings. The average molecular weight is 255 g/mol. The van der Waals surface area contributed by atoms with Gasteiger partial charge in [0.25, 0.3) is 12.3 Å². The highest BCUT2D eigenvalue weighted by Crippen LogP contribution is 2.26. The number of aromatic amines is 1. The number of benzene rings is 1. The lowest BCUT2D eigenvalue weighted by atomic mass is 10.1. The van der Waals surface area contributed by atoms with Gasteiger partial charge in [-0.2, -0.15) is 10.3 Å².